The van der Waals surface area contributed by atoms with Crippen molar-refractivity contribution in [2.24, 2.45) is 0 Å². The maximum Gasteiger partial charge on any atom is 0.245 e. The van der Waals surface area contributed by atoms with Gasteiger partial charge in [-0.05, 0) is 95.8 Å². The van der Waals surface area contributed by atoms with Crippen LogP contribution in [-0.2, 0) is 11.2 Å². The Morgan fingerprint density at radius 3 is 2.49 bits per heavy atom. The molecule has 0 bridgehead atoms. The summed E-state index contributed by atoms with van der Waals surface area (Å²) in [6.07, 6.45) is 10.2. The van der Waals surface area contributed by atoms with Gasteiger partial charge in [-0.15, -0.1) is 0 Å². The molecule has 0 saturated heterocycles. The summed E-state index contributed by atoms with van der Waals surface area (Å²) >= 11 is 0. The zero-order valence-corrected chi connectivity index (χ0v) is 23.5. The van der Waals surface area contributed by atoms with E-state index in [0.29, 0.717) is 6.61 Å². The largest absolute Gasteiger partial charge is 0.494 e. The molecule has 0 aliphatic carbocycles. The van der Waals surface area contributed by atoms with Gasteiger partial charge in [0.2, 0.25) is 5.91 Å². The van der Waals surface area contributed by atoms with Crippen LogP contribution in [0.4, 0.5) is 0 Å². The van der Waals surface area contributed by atoms with Crippen LogP contribution in [0.15, 0.2) is 85.1 Å². The second-order valence-electron chi connectivity index (χ2n) is 9.89. The molecule has 1 heterocycles. The summed E-state index contributed by atoms with van der Waals surface area (Å²) < 4.78 is 6.04. The Labute approximate surface area is 232 Å². The third-order valence-electron chi connectivity index (χ3n) is 6.99. The van der Waals surface area contributed by atoms with Gasteiger partial charge in [0.05, 0.1) is 18.3 Å². The van der Waals surface area contributed by atoms with E-state index in [0.717, 1.165) is 48.8 Å². The number of benzene rings is 3. The Morgan fingerprint density at radius 1 is 0.974 bits per heavy atom. The summed E-state index contributed by atoms with van der Waals surface area (Å²) in [5.41, 5.74) is 8.64. The molecule has 0 saturated carbocycles. The molecule has 4 rings (SSSR count). The number of fused-ring (bicyclic) bond motifs is 1. The summed E-state index contributed by atoms with van der Waals surface area (Å²) in [7, 11) is 3.52. The van der Waals surface area contributed by atoms with E-state index in [2.05, 4.69) is 90.8 Å². The fourth-order valence-corrected chi connectivity index (χ4v) is 4.84. The number of rotatable bonds is 12. The average Bonchev–Trinajstić information content (AvgIpc) is 3.43. The lowest BCUT2D eigenvalue weighted by molar-refractivity contribution is -0.123. The molecule has 0 atom stereocenters. The zero-order valence-electron chi connectivity index (χ0n) is 23.5. The van der Waals surface area contributed by atoms with Crippen LogP contribution in [0.2, 0.25) is 0 Å². The first-order valence-electron chi connectivity index (χ1n) is 13.9. The van der Waals surface area contributed by atoms with E-state index >= 15 is 0 Å². The van der Waals surface area contributed by atoms with Gasteiger partial charge in [-0.2, -0.15) is 5.10 Å². The van der Waals surface area contributed by atoms with E-state index in [1.807, 2.05) is 12.3 Å². The predicted octanol–water partition coefficient (Wildman–Crippen LogP) is 7.69. The second kappa shape index (κ2) is 13.6. The topological polar surface area (TPSA) is 58.2 Å². The normalized spacial score (nSPS) is 12.1. The molecule has 0 aliphatic heterocycles. The fourth-order valence-electron chi connectivity index (χ4n) is 4.84. The molecule has 0 aliphatic rings. The number of hydrogen-bond donors (Lipinski definition) is 1. The first-order chi connectivity index (χ1) is 19.0. The van der Waals surface area contributed by atoms with Crippen molar-refractivity contribution in [1.82, 2.24) is 15.1 Å². The minimum absolute atomic E-state index is 0.0221. The molecule has 1 N–H and O–H groups in total. The number of nitrogens with one attached hydrogen (secondary N) is 1. The molecular formula is C34H39N3O2. The molecule has 3 aromatic carbocycles. The summed E-state index contributed by atoms with van der Waals surface area (Å²) in [4.78, 5) is 13.2. The van der Waals surface area contributed by atoms with Crippen LogP contribution >= 0.6 is 0 Å². The van der Waals surface area contributed by atoms with Gasteiger partial charge in [0.1, 0.15) is 5.75 Å². The lowest BCUT2D eigenvalue weighted by Gasteiger charge is -2.19. The van der Waals surface area contributed by atoms with Crippen molar-refractivity contribution in [1.29, 1.82) is 0 Å². The molecule has 0 unspecified atom stereocenters. The lowest BCUT2D eigenvalue weighted by Crippen LogP contribution is -2.18. The average molecular weight is 522 g/mol. The van der Waals surface area contributed by atoms with Gasteiger partial charge in [-0.1, -0.05) is 62.4 Å². The third kappa shape index (κ3) is 7.05. The highest BCUT2D eigenvalue weighted by molar-refractivity contribution is 6.00. The number of amides is 1. The van der Waals surface area contributed by atoms with Crippen LogP contribution in [-0.4, -0.2) is 41.7 Å². The number of carbonyl (C=O) groups is 1. The molecule has 0 fully saturated rings. The fraction of sp³-hybridized carbons (Fsp3) is 0.294. The number of likely N-dealkylation sites (N-methyl/N-ethyl adjacent to an activating group) is 1. The maximum atomic E-state index is 11.6. The van der Waals surface area contributed by atoms with Crippen molar-refractivity contribution in [2.45, 2.75) is 46.0 Å². The number of carbonyl (C=O) groups excluding carboxylic acids is 1. The Bertz CT molecular complexity index is 1440. The molecule has 5 heteroatoms. The third-order valence-corrected chi connectivity index (χ3v) is 6.99. The Morgan fingerprint density at radius 2 is 1.74 bits per heavy atom. The Hall–Kier alpha value is -4.12. The molecule has 0 spiro atoms. The molecule has 1 aromatic heterocycles. The molecule has 0 radical (unpaired) electrons. The van der Waals surface area contributed by atoms with Gasteiger partial charge >= 0.3 is 0 Å². The number of ether oxygens (including phenoxy) is 1. The molecular weight excluding hydrogens is 482 g/mol. The van der Waals surface area contributed by atoms with Crippen LogP contribution in [0.1, 0.15) is 61.8 Å². The molecule has 4 aromatic rings. The van der Waals surface area contributed by atoms with Crippen molar-refractivity contribution < 1.29 is 9.53 Å². The number of allylic oxidation sites excluding steroid dienone is 2. The van der Waals surface area contributed by atoms with Crippen molar-refractivity contribution >= 4 is 28.0 Å². The van der Waals surface area contributed by atoms with E-state index in [1.165, 1.54) is 33.4 Å². The standard InChI is InChI=1S/C34H39N3O2/c1-5-25-13-10-11-14-31(25)30(6-2)34(27-18-21-32-28(23-27)24-35-36-32)26-16-19-29(20-17-26)39-22-12-8-7-9-15-33(38)37(3)4/h9-11,13-21,23-24H,5-8,12,22H2,1-4H3,(H,35,36)/b15-9+,34-30+. The Kier molecular flexibility index (Phi) is 9.74. The number of hydrogen-bond acceptors (Lipinski definition) is 3. The highest BCUT2D eigenvalue weighted by Gasteiger charge is 2.16. The summed E-state index contributed by atoms with van der Waals surface area (Å²) in [6.45, 7) is 5.11. The first-order valence-corrected chi connectivity index (χ1v) is 13.9. The predicted molar refractivity (Wildman–Crippen MR) is 162 cm³/mol. The second-order valence-corrected chi connectivity index (χ2v) is 9.89. The quantitative estimate of drug-likeness (QED) is 0.118. The van der Waals surface area contributed by atoms with Crippen LogP contribution in [0, 0.1) is 0 Å². The Balaban J connectivity index is 1.56. The van der Waals surface area contributed by atoms with Gasteiger partial charge in [-0.3, -0.25) is 9.89 Å². The van der Waals surface area contributed by atoms with Crippen LogP contribution < -0.4 is 4.74 Å². The summed E-state index contributed by atoms with van der Waals surface area (Å²) in [5, 5.41) is 8.39. The van der Waals surface area contributed by atoms with Crippen molar-refractivity contribution in [2.75, 3.05) is 20.7 Å². The number of H-pyrrole nitrogens is 1. The minimum atomic E-state index is 0.0221. The van der Waals surface area contributed by atoms with E-state index in [9.17, 15) is 4.79 Å². The number of aryl methyl sites for hydroxylation is 1. The number of aromatic nitrogens is 2. The monoisotopic (exact) mass is 521 g/mol. The van der Waals surface area contributed by atoms with Crippen LogP contribution in [0.5, 0.6) is 5.75 Å². The van der Waals surface area contributed by atoms with Gasteiger partial charge in [0.25, 0.3) is 0 Å². The maximum absolute atomic E-state index is 11.6. The summed E-state index contributed by atoms with van der Waals surface area (Å²) in [5.74, 6) is 0.891. The van der Waals surface area contributed by atoms with Crippen molar-refractivity contribution in [3.8, 4) is 5.75 Å². The molecule has 5 nitrogen and oxygen atoms in total. The smallest absolute Gasteiger partial charge is 0.245 e. The molecule has 39 heavy (non-hydrogen) atoms. The van der Waals surface area contributed by atoms with Crippen LogP contribution in [0.25, 0.3) is 22.0 Å². The van der Waals surface area contributed by atoms with Gasteiger partial charge in [-0.25, -0.2) is 0 Å². The van der Waals surface area contributed by atoms with Gasteiger partial charge in [0.15, 0.2) is 0 Å². The van der Waals surface area contributed by atoms with Crippen molar-refractivity contribution in [3.05, 3.63) is 107 Å². The molecule has 1 amide bonds. The summed E-state index contributed by atoms with van der Waals surface area (Å²) in [6, 6.07) is 23.7. The van der Waals surface area contributed by atoms with E-state index < -0.39 is 0 Å². The van der Waals surface area contributed by atoms with E-state index in [-0.39, 0.29) is 5.91 Å². The zero-order chi connectivity index (χ0) is 27.6. The van der Waals surface area contributed by atoms with Crippen LogP contribution in [0.3, 0.4) is 0 Å². The number of unbranched alkanes of at least 4 members (excludes halogenated alkanes) is 2. The van der Waals surface area contributed by atoms with Crippen molar-refractivity contribution in [3.63, 3.8) is 0 Å². The van der Waals surface area contributed by atoms with E-state index in [4.69, 9.17) is 4.74 Å². The minimum Gasteiger partial charge on any atom is -0.494 e. The van der Waals surface area contributed by atoms with Gasteiger partial charge in [0, 0.05) is 19.5 Å². The SMILES string of the molecule is CC/C(=C(/c1ccc(OCCCC/C=C/C(=O)N(C)C)cc1)c1ccc2[nH]ncc2c1)c1ccccc1CC. The van der Waals surface area contributed by atoms with E-state index in [1.54, 1.807) is 25.1 Å². The highest BCUT2D eigenvalue weighted by Crippen LogP contribution is 2.37. The number of nitrogens with zero attached hydrogens (tertiary/aromatic N) is 2. The highest BCUT2D eigenvalue weighted by atomic mass is 16.5. The number of aromatic amines is 1. The van der Waals surface area contributed by atoms with Gasteiger partial charge < -0.3 is 9.64 Å². The lowest BCUT2D eigenvalue weighted by atomic mass is 9.85. The first kappa shape index (κ1) is 27.9. The molecule has 202 valence electrons.